The highest BCUT2D eigenvalue weighted by Crippen LogP contribution is 2.35. The largest absolute Gasteiger partial charge is 0.371 e. The van der Waals surface area contributed by atoms with Gasteiger partial charge in [-0.2, -0.15) is 0 Å². The summed E-state index contributed by atoms with van der Waals surface area (Å²) in [5.74, 6) is 0.917. The van der Waals surface area contributed by atoms with Gasteiger partial charge in [0.05, 0.1) is 0 Å². The number of benzene rings is 1. The fraction of sp³-hybridized carbons (Fsp3) is 0.647. The minimum atomic E-state index is 0.409. The van der Waals surface area contributed by atoms with E-state index in [2.05, 4.69) is 65.1 Å². The lowest BCUT2D eigenvalue weighted by molar-refractivity contribution is 0.568. The second kappa shape index (κ2) is 7.46. The maximum Gasteiger partial charge on any atom is 0.0425 e. The van der Waals surface area contributed by atoms with Gasteiger partial charge < -0.3 is 10.2 Å². The number of nitrogens with one attached hydrogen (secondary N) is 1. The molecule has 2 rings (SSSR count). The SMILES string of the molecule is CCCNC(C)c1ccc(Br)cc1N(CC)CC1CC1. The molecule has 0 aromatic heterocycles. The van der Waals surface area contributed by atoms with E-state index in [9.17, 15) is 0 Å². The molecule has 2 nitrogen and oxygen atoms in total. The van der Waals surface area contributed by atoms with E-state index in [4.69, 9.17) is 0 Å². The average Bonchev–Trinajstić information content (AvgIpc) is 3.26. The molecule has 1 saturated carbocycles. The minimum Gasteiger partial charge on any atom is -0.371 e. The molecule has 112 valence electrons. The first-order valence-corrected chi connectivity index (χ1v) is 8.72. The van der Waals surface area contributed by atoms with E-state index in [0.717, 1.165) is 19.0 Å². The summed E-state index contributed by atoms with van der Waals surface area (Å²) in [6.45, 7) is 10.1. The molecule has 20 heavy (non-hydrogen) atoms. The molecule has 0 radical (unpaired) electrons. The molecule has 0 bridgehead atoms. The summed E-state index contributed by atoms with van der Waals surface area (Å²) in [6.07, 6.45) is 3.99. The van der Waals surface area contributed by atoms with Gasteiger partial charge in [0.25, 0.3) is 0 Å². The van der Waals surface area contributed by atoms with Gasteiger partial charge in [-0.1, -0.05) is 28.9 Å². The molecule has 0 heterocycles. The summed E-state index contributed by atoms with van der Waals surface area (Å²) in [5, 5.41) is 3.61. The molecule has 3 heteroatoms. The maximum atomic E-state index is 3.63. The third-order valence-corrected chi connectivity index (χ3v) is 4.55. The van der Waals surface area contributed by atoms with E-state index in [-0.39, 0.29) is 0 Å². The van der Waals surface area contributed by atoms with Crippen LogP contribution < -0.4 is 10.2 Å². The van der Waals surface area contributed by atoms with Crippen LogP contribution in [0.4, 0.5) is 5.69 Å². The van der Waals surface area contributed by atoms with Crippen molar-refractivity contribution in [3.8, 4) is 0 Å². The van der Waals surface area contributed by atoms with Gasteiger partial charge in [-0.3, -0.25) is 0 Å². The Morgan fingerprint density at radius 1 is 1.35 bits per heavy atom. The Morgan fingerprint density at radius 2 is 2.10 bits per heavy atom. The van der Waals surface area contributed by atoms with Crippen LogP contribution >= 0.6 is 15.9 Å². The second-order valence-corrected chi connectivity index (χ2v) is 6.78. The molecule has 1 aliphatic rings. The zero-order valence-electron chi connectivity index (χ0n) is 13.0. The van der Waals surface area contributed by atoms with E-state index < -0.39 is 0 Å². The first kappa shape index (κ1) is 15.8. The zero-order valence-corrected chi connectivity index (χ0v) is 14.5. The number of nitrogens with zero attached hydrogens (tertiary/aromatic N) is 1. The summed E-state index contributed by atoms with van der Waals surface area (Å²) in [6, 6.07) is 7.12. The zero-order chi connectivity index (χ0) is 14.5. The van der Waals surface area contributed by atoms with Crippen molar-refractivity contribution in [1.82, 2.24) is 5.32 Å². The van der Waals surface area contributed by atoms with Gasteiger partial charge in [0.2, 0.25) is 0 Å². The predicted molar refractivity (Wildman–Crippen MR) is 91.5 cm³/mol. The van der Waals surface area contributed by atoms with Crippen LogP contribution in [0.1, 0.15) is 51.6 Å². The van der Waals surface area contributed by atoms with E-state index >= 15 is 0 Å². The van der Waals surface area contributed by atoms with Crippen molar-refractivity contribution in [3.05, 3.63) is 28.2 Å². The molecule has 0 saturated heterocycles. The molecule has 0 spiro atoms. The molecular weight excluding hydrogens is 312 g/mol. The Morgan fingerprint density at radius 3 is 2.70 bits per heavy atom. The quantitative estimate of drug-likeness (QED) is 0.735. The van der Waals surface area contributed by atoms with E-state index in [1.165, 1.54) is 41.5 Å². The van der Waals surface area contributed by atoms with Crippen molar-refractivity contribution < 1.29 is 0 Å². The van der Waals surface area contributed by atoms with E-state index in [0.29, 0.717) is 6.04 Å². The predicted octanol–water partition coefficient (Wildman–Crippen LogP) is 4.75. The standard InChI is InChI=1S/C17H27BrN2/c1-4-10-19-13(3)16-9-8-15(18)11-17(16)20(5-2)12-14-6-7-14/h8-9,11,13-14,19H,4-7,10,12H2,1-3H3. The van der Waals surface area contributed by atoms with Crippen LogP contribution in [0.3, 0.4) is 0 Å². The highest BCUT2D eigenvalue weighted by Gasteiger charge is 2.25. The number of rotatable bonds is 8. The molecule has 1 aromatic rings. The van der Waals surface area contributed by atoms with Crippen molar-refractivity contribution in [2.45, 2.75) is 46.1 Å². The monoisotopic (exact) mass is 338 g/mol. The van der Waals surface area contributed by atoms with Crippen molar-refractivity contribution in [2.75, 3.05) is 24.5 Å². The normalized spacial score (nSPS) is 16.2. The van der Waals surface area contributed by atoms with E-state index in [1.54, 1.807) is 0 Å². The Hall–Kier alpha value is -0.540. The van der Waals surface area contributed by atoms with Crippen LogP contribution in [0.5, 0.6) is 0 Å². The molecular formula is C17H27BrN2. The molecule has 0 amide bonds. The van der Waals surface area contributed by atoms with Crippen LogP contribution in [-0.4, -0.2) is 19.6 Å². The lowest BCUT2D eigenvalue weighted by Gasteiger charge is -2.28. The number of hydrogen-bond donors (Lipinski definition) is 1. The highest BCUT2D eigenvalue weighted by molar-refractivity contribution is 9.10. The number of halogens is 1. The molecule has 0 aliphatic heterocycles. The molecule has 1 aliphatic carbocycles. The van der Waals surface area contributed by atoms with Crippen LogP contribution in [-0.2, 0) is 0 Å². The first-order valence-electron chi connectivity index (χ1n) is 7.93. The molecule has 1 aromatic carbocycles. The van der Waals surface area contributed by atoms with Crippen LogP contribution in [0.25, 0.3) is 0 Å². The fourth-order valence-electron chi connectivity index (χ4n) is 2.64. The first-order chi connectivity index (χ1) is 9.65. The van der Waals surface area contributed by atoms with E-state index in [1.807, 2.05) is 0 Å². The van der Waals surface area contributed by atoms with Gasteiger partial charge in [0.1, 0.15) is 0 Å². The Bertz CT molecular complexity index is 429. The van der Waals surface area contributed by atoms with Gasteiger partial charge in [-0.05, 0) is 63.3 Å². The summed E-state index contributed by atoms with van der Waals surface area (Å²) >= 11 is 3.63. The maximum absolute atomic E-state index is 3.63. The lowest BCUT2D eigenvalue weighted by Crippen LogP contribution is -2.28. The smallest absolute Gasteiger partial charge is 0.0425 e. The van der Waals surface area contributed by atoms with Crippen LogP contribution in [0, 0.1) is 5.92 Å². The summed E-state index contributed by atoms with van der Waals surface area (Å²) in [4.78, 5) is 2.54. The lowest BCUT2D eigenvalue weighted by atomic mass is 10.0. The van der Waals surface area contributed by atoms with Gasteiger partial charge in [-0.25, -0.2) is 0 Å². The van der Waals surface area contributed by atoms with Crippen molar-refractivity contribution in [3.63, 3.8) is 0 Å². The topological polar surface area (TPSA) is 15.3 Å². The molecule has 1 atom stereocenters. The van der Waals surface area contributed by atoms with Crippen molar-refractivity contribution >= 4 is 21.6 Å². The highest BCUT2D eigenvalue weighted by atomic mass is 79.9. The average molecular weight is 339 g/mol. The van der Waals surface area contributed by atoms with Gasteiger partial charge in [-0.15, -0.1) is 0 Å². The third kappa shape index (κ3) is 4.23. The summed E-state index contributed by atoms with van der Waals surface area (Å²) in [7, 11) is 0. The van der Waals surface area contributed by atoms with Gasteiger partial charge in [0, 0.05) is 29.3 Å². The number of anilines is 1. The van der Waals surface area contributed by atoms with Crippen molar-refractivity contribution in [1.29, 1.82) is 0 Å². The second-order valence-electron chi connectivity index (χ2n) is 5.86. The Labute approximate surface area is 132 Å². The molecule has 1 fully saturated rings. The summed E-state index contributed by atoms with van der Waals surface area (Å²) < 4.78 is 1.17. The fourth-order valence-corrected chi connectivity index (χ4v) is 2.99. The molecule has 1 N–H and O–H groups in total. The van der Waals surface area contributed by atoms with Crippen LogP contribution in [0.2, 0.25) is 0 Å². The third-order valence-electron chi connectivity index (χ3n) is 4.06. The minimum absolute atomic E-state index is 0.409. The Balaban J connectivity index is 2.20. The Kier molecular flexibility index (Phi) is 5.91. The summed E-state index contributed by atoms with van der Waals surface area (Å²) in [5.41, 5.74) is 2.81. The van der Waals surface area contributed by atoms with Gasteiger partial charge >= 0.3 is 0 Å². The van der Waals surface area contributed by atoms with Crippen molar-refractivity contribution in [2.24, 2.45) is 5.92 Å². The van der Waals surface area contributed by atoms with Crippen LogP contribution in [0.15, 0.2) is 22.7 Å². The van der Waals surface area contributed by atoms with Gasteiger partial charge in [0.15, 0.2) is 0 Å². The molecule has 1 unspecified atom stereocenters. The number of hydrogen-bond acceptors (Lipinski definition) is 2.